The maximum absolute atomic E-state index is 12.4. The highest BCUT2D eigenvalue weighted by molar-refractivity contribution is 6.31. The molecule has 1 amide bonds. The van der Waals surface area contributed by atoms with Crippen molar-refractivity contribution in [2.45, 2.75) is 39.8 Å². The number of aromatic nitrogens is 2. The standard InChI is InChI=1S/C19H22ClN3O5/c1-5-8-23-17(24)7-6-14(22-23)19(26)28-12(3)18(25)21-15-9-11(2)13(20)10-16(15)27-4/h6-7,9-10,12H,5,8H2,1-4H3,(H,21,25). The van der Waals surface area contributed by atoms with E-state index < -0.39 is 18.0 Å². The van der Waals surface area contributed by atoms with Crippen molar-refractivity contribution in [3.63, 3.8) is 0 Å². The lowest BCUT2D eigenvalue weighted by Gasteiger charge is -2.16. The van der Waals surface area contributed by atoms with Crippen LogP contribution in [0.25, 0.3) is 0 Å². The lowest BCUT2D eigenvalue weighted by molar-refractivity contribution is -0.123. The van der Waals surface area contributed by atoms with Gasteiger partial charge in [0.05, 0.1) is 12.8 Å². The van der Waals surface area contributed by atoms with Gasteiger partial charge in [0.15, 0.2) is 11.8 Å². The Labute approximate surface area is 167 Å². The Kier molecular flexibility index (Phi) is 7.17. The summed E-state index contributed by atoms with van der Waals surface area (Å²) in [5, 5.41) is 7.12. The Balaban J connectivity index is 2.10. The minimum Gasteiger partial charge on any atom is -0.495 e. The summed E-state index contributed by atoms with van der Waals surface area (Å²) < 4.78 is 11.6. The summed E-state index contributed by atoms with van der Waals surface area (Å²) in [5.41, 5.74) is 0.804. The van der Waals surface area contributed by atoms with Crippen molar-refractivity contribution < 1.29 is 19.1 Å². The maximum atomic E-state index is 12.4. The number of rotatable bonds is 7. The number of esters is 1. The molecule has 0 radical (unpaired) electrons. The first kappa shape index (κ1) is 21.4. The van der Waals surface area contributed by atoms with Crippen molar-refractivity contribution in [3.8, 4) is 5.75 Å². The van der Waals surface area contributed by atoms with Gasteiger partial charge in [0.1, 0.15) is 5.75 Å². The number of nitrogens with zero attached hydrogens (tertiary/aromatic N) is 2. The molecule has 0 spiro atoms. The lowest BCUT2D eigenvalue weighted by Crippen LogP contribution is -2.31. The molecule has 1 unspecified atom stereocenters. The summed E-state index contributed by atoms with van der Waals surface area (Å²) in [6, 6.07) is 5.76. The van der Waals surface area contributed by atoms with Crippen molar-refractivity contribution in [2.24, 2.45) is 0 Å². The number of halogens is 1. The van der Waals surface area contributed by atoms with Crippen LogP contribution in [-0.4, -0.2) is 34.9 Å². The van der Waals surface area contributed by atoms with Crippen LogP contribution in [0.5, 0.6) is 5.75 Å². The number of carbonyl (C=O) groups excluding carboxylic acids is 2. The average Bonchev–Trinajstić information content (AvgIpc) is 2.66. The second-order valence-corrected chi connectivity index (χ2v) is 6.53. The highest BCUT2D eigenvalue weighted by atomic mass is 35.5. The zero-order valence-electron chi connectivity index (χ0n) is 16.1. The number of aryl methyl sites for hydroxylation is 2. The quantitative estimate of drug-likeness (QED) is 0.708. The van der Waals surface area contributed by atoms with Crippen molar-refractivity contribution in [1.29, 1.82) is 0 Å². The van der Waals surface area contributed by atoms with E-state index in [4.69, 9.17) is 21.1 Å². The molecule has 1 N–H and O–H groups in total. The molecule has 2 rings (SSSR count). The molecular weight excluding hydrogens is 386 g/mol. The monoisotopic (exact) mass is 407 g/mol. The number of ether oxygens (including phenoxy) is 2. The fourth-order valence-corrected chi connectivity index (χ4v) is 2.52. The van der Waals surface area contributed by atoms with E-state index in [9.17, 15) is 14.4 Å². The molecule has 1 atom stereocenters. The predicted molar refractivity (Wildman–Crippen MR) is 105 cm³/mol. The molecule has 8 nitrogen and oxygen atoms in total. The van der Waals surface area contributed by atoms with Crippen LogP contribution >= 0.6 is 11.6 Å². The first-order valence-corrected chi connectivity index (χ1v) is 9.08. The van der Waals surface area contributed by atoms with Crippen LogP contribution in [0.4, 0.5) is 5.69 Å². The summed E-state index contributed by atoms with van der Waals surface area (Å²) in [6.07, 6.45) is -0.409. The summed E-state index contributed by atoms with van der Waals surface area (Å²) >= 11 is 6.05. The largest absolute Gasteiger partial charge is 0.495 e. The Morgan fingerprint density at radius 3 is 2.68 bits per heavy atom. The van der Waals surface area contributed by atoms with E-state index in [0.29, 0.717) is 29.4 Å². The summed E-state index contributed by atoms with van der Waals surface area (Å²) in [5.74, 6) is -0.960. The molecule has 0 aliphatic heterocycles. The molecule has 0 saturated heterocycles. The van der Waals surface area contributed by atoms with E-state index in [2.05, 4.69) is 10.4 Å². The van der Waals surface area contributed by atoms with Crippen LogP contribution in [0.1, 0.15) is 36.3 Å². The zero-order chi connectivity index (χ0) is 20.8. The Bertz CT molecular complexity index is 942. The smallest absolute Gasteiger partial charge is 0.359 e. The van der Waals surface area contributed by atoms with Gasteiger partial charge < -0.3 is 14.8 Å². The SMILES string of the molecule is CCCn1nc(C(=O)OC(C)C(=O)Nc2cc(C)c(Cl)cc2OC)ccc1=O. The lowest BCUT2D eigenvalue weighted by atomic mass is 10.2. The van der Waals surface area contributed by atoms with Crippen LogP contribution in [0.3, 0.4) is 0 Å². The number of methoxy groups -OCH3 is 1. The van der Waals surface area contributed by atoms with Crippen LogP contribution in [0.15, 0.2) is 29.1 Å². The molecule has 9 heteroatoms. The number of hydrogen-bond donors (Lipinski definition) is 1. The molecule has 2 aromatic rings. The summed E-state index contributed by atoms with van der Waals surface area (Å²) in [7, 11) is 1.46. The molecule has 28 heavy (non-hydrogen) atoms. The van der Waals surface area contributed by atoms with Crippen LogP contribution in [0.2, 0.25) is 5.02 Å². The zero-order valence-corrected chi connectivity index (χ0v) is 16.9. The fraction of sp³-hybridized carbons (Fsp3) is 0.368. The Hall–Kier alpha value is -2.87. The van der Waals surface area contributed by atoms with Gasteiger partial charge in [-0.1, -0.05) is 18.5 Å². The maximum Gasteiger partial charge on any atom is 0.359 e. The van der Waals surface area contributed by atoms with Gasteiger partial charge >= 0.3 is 5.97 Å². The first-order valence-electron chi connectivity index (χ1n) is 8.71. The van der Waals surface area contributed by atoms with Crippen molar-refractivity contribution >= 4 is 29.2 Å². The predicted octanol–water partition coefficient (Wildman–Crippen LogP) is 2.81. The number of carbonyl (C=O) groups is 2. The third-order valence-corrected chi connectivity index (χ3v) is 4.31. The van der Waals surface area contributed by atoms with E-state index in [-0.39, 0.29) is 11.3 Å². The Morgan fingerprint density at radius 2 is 2.04 bits per heavy atom. The average molecular weight is 408 g/mol. The van der Waals surface area contributed by atoms with Gasteiger partial charge in [-0.2, -0.15) is 5.10 Å². The number of benzene rings is 1. The third kappa shape index (κ3) is 5.10. The molecule has 1 heterocycles. The molecular formula is C19H22ClN3O5. The van der Waals surface area contributed by atoms with E-state index in [1.807, 2.05) is 6.92 Å². The first-order chi connectivity index (χ1) is 13.3. The van der Waals surface area contributed by atoms with Gasteiger partial charge in [0.2, 0.25) is 0 Å². The van der Waals surface area contributed by atoms with Crippen molar-refractivity contribution in [1.82, 2.24) is 9.78 Å². The van der Waals surface area contributed by atoms with Crippen LogP contribution in [0, 0.1) is 6.92 Å². The van der Waals surface area contributed by atoms with Crippen molar-refractivity contribution in [3.05, 3.63) is 50.9 Å². The highest BCUT2D eigenvalue weighted by Crippen LogP contribution is 2.31. The number of hydrogen-bond acceptors (Lipinski definition) is 6. The summed E-state index contributed by atoms with van der Waals surface area (Å²) in [4.78, 5) is 36.4. The van der Waals surface area contributed by atoms with E-state index in [0.717, 1.165) is 5.56 Å². The minimum absolute atomic E-state index is 0.0485. The highest BCUT2D eigenvalue weighted by Gasteiger charge is 2.22. The second-order valence-electron chi connectivity index (χ2n) is 6.12. The van der Waals surface area contributed by atoms with Gasteiger partial charge in [-0.25, -0.2) is 9.48 Å². The van der Waals surface area contributed by atoms with Gasteiger partial charge in [-0.15, -0.1) is 0 Å². The van der Waals surface area contributed by atoms with Gasteiger partial charge in [0.25, 0.3) is 11.5 Å². The summed E-state index contributed by atoms with van der Waals surface area (Å²) in [6.45, 7) is 5.49. The molecule has 0 aliphatic rings. The van der Waals surface area contributed by atoms with E-state index in [1.165, 1.54) is 30.8 Å². The molecule has 1 aromatic heterocycles. The van der Waals surface area contributed by atoms with Gasteiger partial charge in [-0.3, -0.25) is 9.59 Å². The second kappa shape index (κ2) is 9.36. The Morgan fingerprint density at radius 1 is 1.32 bits per heavy atom. The molecule has 1 aromatic carbocycles. The normalized spacial score (nSPS) is 11.6. The topological polar surface area (TPSA) is 99.5 Å². The van der Waals surface area contributed by atoms with Gasteiger partial charge in [0, 0.05) is 23.7 Å². The molecule has 0 bridgehead atoms. The number of anilines is 1. The number of nitrogens with one attached hydrogen (secondary N) is 1. The minimum atomic E-state index is -1.10. The van der Waals surface area contributed by atoms with Gasteiger partial charge in [-0.05, 0) is 38.0 Å². The van der Waals surface area contributed by atoms with Crippen LogP contribution < -0.4 is 15.6 Å². The van der Waals surface area contributed by atoms with Crippen molar-refractivity contribution in [2.75, 3.05) is 12.4 Å². The van der Waals surface area contributed by atoms with E-state index in [1.54, 1.807) is 19.1 Å². The fourth-order valence-electron chi connectivity index (χ4n) is 2.37. The molecule has 0 fully saturated rings. The molecule has 0 aliphatic carbocycles. The molecule has 150 valence electrons. The third-order valence-electron chi connectivity index (χ3n) is 3.90. The van der Waals surface area contributed by atoms with Crippen LogP contribution in [-0.2, 0) is 16.1 Å². The van der Waals surface area contributed by atoms with E-state index >= 15 is 0 Å². The molecule has 0 saturated carbocycles. The number of amides is 1.